The average molecular weight is 500 g/mol. The van der Waals surface area contributed by atoms with Crippen molar-refractivity contribution in [3.8, 4) is 0 Å². The highest BCUT2D eigenvalue weighted by atomic mass is 35.5. The van der Waals surface area contributed by atoms with Crippen LogP contribution in [0.25, 0.3) is 5.65 Å². The summed E-state index contributed by atoms with van der Waals surface area (Å²) in [6, 6.07) is 0. The number of fused-ring (bicyclic) bond motifs is 1. The maximum atomic E-state index is 14.8. The largest absolute Gasteiger partial charge is 0.363 e. The highest BCUT2D eigenvalue weighted by Crippen LogP contribution is 2.55. The van der Waals surface area contributed by atoms with Crippen molar-refractivity contribution in [3.63, 3.8) is 0 Å². The Morgan fingerprint density at radius 1 is 1.29 bits per heavy atom. The summed E-state index contributed by atoms with van der Waals surface area (Å²) in [4.78, 5) is 37.9. The molecule has 12 nitrogen and oxygen atoms in total. The summed E-state index contributed by atoms with van der Waals surface area (Å²) in [7, 11) is -9.31. The summed E-state index contributed by atoms with van der Waals surface area (Å²) in [5.74, 6) is -0.771. The van der Waals surface area contributed by atoms with Crippen LogP contribution >= 0.6 is 26.8 Å². The van der Waals surface area contributed by atoms with Crippen molar-refractivity contribution in [2.45, 2.75) is 37.6 Å². The number of hydrogen-bond acceptors (Lipinski definition) is 8. The van der Waals surface area contributed by atoms with Crippen LogP contribution in [0.1, 0.15) is 31.1 Å². The number of anilines is 1. The Morgan fingerprint density at radius 3 is 2.68 bits per heavy atom. The number of ether oxygens (including phenoxy) is 1. The average Bonchev–Trinajstić information content (AvgIpc) is 3.37. The van der Waals surface area contributed by atoms with Gasteiger partial charge in [0.25, 0.3) is 0 Å². The minimum absolute atomic E-state index is 0.0272. The van der Waals surface area contributed by atoms with Crippen molar-refractivity contribution in [3.05, 3.63) is 17.2 Å². The van der Waals surface area contributed by atoms with E-state index < -0.39 is 46.1 Å². The molecule has 2 aromatic rings. The number of rotatable bonds is 7. The summed E-state index contributed by atoms with van der Waals surface area (Å²) >= 11 is 6.08. The first-order valence-electron chi connectivity index (χ1n) is 9.49. The van der Waals surface area contributed by atoms with E-state index in [4.69, 9.17) is 30.6 Å². The van der Waals surface area contributed by atoms with Gasteiger partial charge in [0.2, 0.25) is 5.28 Å². The van der Waals surface area contributed by atoms with E-state index in [1.807, 2.05) is 4.90 Å². The van der Waals surface area contributed by atoms with E-state index in [0.717, 1.165) is 25.9 Å². The lowest BCUT2D eigenvalue weighted by Gasteiger charge is -2.18. The number of halogens is 2. The van der Waals surface area contributed by atoms with Gasteiger partial charge in [0.15, 0.2) is 17.4 Å². The first-order valence-corrected chi connectivity index (χ1v) is 13.4. The third kappa shape index (κ3) is 5.26. The molecule has 2 saturated heterocycles. The van der Waals surface area contributed by atoms with Crippen LogP contribution in [0.3, 0.4) is 0 Å². The van der Waals surface area contributed by atoms with Crippen LogP contribution in [0.5, 0.6) is 0 Å². The van der Waals surface area contributed by atoms with Crippen molar-refractivity contribution in [1.29, 1.82) is 0 Å². The Hall–Kier alpha value is -1.17. The van der Waals surface area contributed by atoms with E-state index in [1.165, 1.54) is 10.7 Å². The minimum Gasteiger partial charge on any atom is -0.363 e. The first-order chi connectivity index (χ1) is 14.5. The molecule has 31 heavy (non-hydrogen) atoms. The summed E-state index contributed by atoms with van der Waals surface area (Å²) < 4.78 is 49.3. The quantitative estimate of drug-likeness (QED) is 0.477. The number of hydrogen-bond donors (Lipinski definition) is 3. The van der Waals surface area contributed by atoms with Crippen LogP contribution in [0, 0.1) is 0 Å². The molecule has 0 aliphatic carbocycles. The van der Waals surface area contributed by atoms with E-state index >= 15 is 0 Å². The van der Waals surface area contributed by atoms with Gasteiger partial charge in [0, 0.05) is 19.5 Å². The van der Waals surface area contributed by atoms with Crippen molar-refractivity contribution in [2.75, 3.05) is 30.5 Å². The van der Waals surface area contributed by atoms with Crippen LogP contribution < -0.4 is 4.90 Å². The zero-order valence-electron chi connectivity index (χ0n) is 16.1. The van der Waals surface area contributed by atoms with Gasteiger partial charge in [0.1, 0.15) is 12.3 Å². The number of imidazole rings is 1. The van der Waals surface area contributed by atoms with Gasteiger partial charge in [-0.2, -0.15) is 4.98 Å². The molecule has 0 radical (unpaired) electrons. The molecule has 0 bridgehead atoms. The van der Waals surface area contributed by atoms with E-state index in [-0.39, 0.29) is 11.7 Å². The van der Waals surface area contributed by atoms with Crippen molar-refractivity contribution in [1.82, 2.24) is 19.6 Å². The van der Waals surface area contributed by atoms with Crippen LogP contribution in [0.2, 0.25) is 5.28 Å². The van der Waals surface area contributed by atoms with Gasteiger partial charge in [-0.1, -0.05) is 0 Å². The number of alkyl halides is 1. The third-order valence-electron chi connectivity index (χ3n) is 5.02. The molecule has 2 aliphatic rings. The summed E-state index contributed by atoms with van der Waals surface area (Å²) in [6.07, 6.45) is -0.177. The Morgan fingerprint density at radius 2 is 2.00 bits per heavy atom. The normalized spacial score (nSPS) is 26.6. The summed E-state index contributed by atoms with van der Waals surface area (Å²) in [5, 5.41) is 4.10. The lowest BCUT2D eigenvalue weighted by molar-refractivity contribution is 0.00137. The third-order valence-corrected chi connectivity index (χ3v) is 8.64. The molecule has 4 atom stereocenters. The van der Waals surface area contributed by atoms with Crippen LogP contribution in [-0.4, -0.2) is 72.1 Å². The number of aromatic nitrogens is 4. The fourth-order valence-corrected chi connectivity index (χ4v) is 6.50. The Kier molecular flexibility index (Phi) is 6.41. The van der Waals surface area contributed by atoms with Gasteiger partial charge in [-0.15, -0.1) is 5.10 Å². The Bertz CT molecular complexity index is 1060. The molecule has 3 N–H and O–H groups in total. The minimum atomic E-state index is -4.75. The molecule has 2 unspecified atom stereocenters. The maximum absolute atomic E-state index is 14.8. The van der Waals surface area contributed by atoms with E-state index in [1.54, 1.807) is 0 Å². The summed E-state index contributed by atoms with van der Waals surface area (Å²) in [5.41, 5.74) is 0.718. The van der Waals surface area contributed by atoms with Gasteiger partial charge in [0.05, 0.1) is 24.6 Å². The molecular weight excluding hydrogens is 479 g/mol. The number of nitrogens with zero attached hydrogens (tertiary/aromatic N) is 5. The van der Waals surface area contributed by atoms with Crippen LogP contribution in [0.15, 0.2) is 6.20 Å². The fourth-order valence-electron chi connectivity index (χ4n) is 3.75. The van der Waals surface area contributed by atoms with Gasteiger partial charge >= 0.3 is 15.2 Å². The van der Waals surface area contributed by atoms with Gasteiger partial charge in [-0.25, -0.2) is 13.9 Å². The highest BCUT2D eigenvalue weighted by molar-refractivity contribution is 7.70. The predicted octanol–water partition coefficient (Wildman–Crippen LogP) is 1.88. The predicted molar refractivity (Wildman–Crippen MR) is 107 cm³/mol. The van der Waals surface area contributed by atoms with E-state index in [2.05, 4.69) is 15.1 Å². The molecule has 2 aromatic heterocycles. The highest BCUT2D eigenvalue weighted by Gasteiger charge is 2.41. The zero-order valence-corrected chi connectivity index (χ0v) is 18.7. The molecule has 4 rings (SSSR count). The molecule has 2 aliphatic heterocycles. The van der Waals surface area contributed by atoms with Crippen molar-refractivity contribution >= 4 is 38.3 Å². The van der Waals surface area contributed by atoms with Crippen molar-refractivity contribution < 1.29 is 37.5 Å². The topological polar surface area (TPSA) is 160 Å². The molecule has 0 amide bonds. The summed E-state index contributed by atoms with van der Waals surface area (Å²) in [6.45, 7) is 1.09. The van der Waals surface area contributed by atoms with Gasteiger partial charge < -0.3 is 28.8 Å². The van der Waals surface area contributed by atoms with Gasteiger partial charge in [-0.3, -0.25) is 9.13 Å². The molecule has 0 aromatic carbocycles. The smallest absolute Gasteiger partial charge is 0.340 e. The SMILES string of the molecule is O=P(O)(O)CP(=O)(O)OC[C@@H]1C[C@H](F)C(c2cnc3c(N4CCCC4)nc(Cl)nn23)O1. The Balaban J connectivity index is 1.51. The fraction of sp³-hybridized carbons (Fsp3) is 0.667. The van der Waals surface area contributed by atoms with Crippen molar-refractivity contribution in [2.24, 2.45) is 0 Å². The van der Waals surface area contributed by atoms with Gasteiger partial charge in [-0.05, 0) is 24.4 Å². The van der Waals surface area contributed by atoms with E-state index in [0.29, 0.717) is 17.2 Å². The molecule has 4 heterocycles. The molecular formula is C15H21ClFN5O7P2. The zero-order chi connectivity index (χ0) is 22.4. The second kappa shape index (κ2) is 8.64. The monoisotopic (exact) mass is 499 g/mol. The van der Waals surface area contributed by atoms with E-state index in [9.17, 15) is 18.4 Å². The maximum Gasteiger partial charge on any atom is 0.340 e. The lowest BCUT2D eigenvalue weighted by atomic mass is 10.1. The Labute approximate surface area is 181 Å². The second-order valence-electron chi connectivity index (χ2n) is 7.49. The second-order valence-corrected chi connectivity index (χ2v) is 11.8. The molecule has 0 spiro atoms. The van der Waals surface area contributed by atoms with Crippen LogP contribution in [0.4, 0.5) is 10.2 Å². The molecule has 16 heteroatoms. The molecule has 172 valence electrons. The standard InChI is InChI=1S/C15H21ClFN5O7P2/c16-15-19-14(21-3-1-2-4-21)13-18-6-11(22(13)20-15)12-10(17)5-9(29-12)7-28-31(26,27)8-30(23,24)25/h6,9-10,12H,1-5,7-8H2,(H,26,27)(H2,23,24,25)/t9-,10-,12?/m0/s1. The molecule has 2 fully saturated rings. The molecule has 0 saturated carbocycles. The lowest BCUT2D eigenvalue weighted by Crippen LogP contribution is -2.21. The van der Waals surface area contributed by atoms with Crippen LogP contribution in [-0.2, 0) is 18.4 Å². The first kappa shape index (κ1) is 23.0.